The third kappa shape index (κ3) is 3.12. The van der Waals surface area contributed by atoms with Gasteiger partial charge in [0.2, 0.25) is 0 Å². The summed E-state index contributed by atoms with van der Waals surface area (Å²) in [5, 5.41) is 3.50. The highest BCUT2D eigenvalue weighted by Gasteiger charge is 2.27. The van der Waals surface area contributed by atoms with E-state index < -0.39 is 0 Å². The third-order valence-electron chi connectivity index (χ3n) is 2.66. The Bertz CT molecular complexity index is 175. The van der Waals surface area contributed by atoms with Gasteiger partial charge in [0.05, 0.1) is 0 Å². The summed E-state index contributed by atoms with van der Waals surface area (Å²) in [6.07, 6.45) is 2.00. The predicted octanol–water partition coefficient (Wildman–Crippen LogP) is 1.49. The molecule has 0 aromatic carbocycles. The van der Waals surface area contributed by atoms with Gasteiger partial charge in [-0.25, -0.2) is 0 Å². The number of nitrogens with one attached hydrogen (secondary N) is 1. The van der Waals surface area contributed by atoms with Crippen LogP contribution in [0.5, 0.6) is 0 Å². The van der Waals surface area contributed by atoms with Gasteiger partial charge in [-0.1, -0.05) is 19.9 Å². The van der Waals surface area contributed by atoms with Crippen molar-refractivity contribution in [1.29, 1.82) is 0 Å². The summed E-state index contributed by atoms with van der Waals surface area (Å²) in [4.78, 5) is 2.49. The molecular weight excluding hydrogens is 160 g/mol. The Labute approximate surface area is 82.0 Å². The molecule has 0 radical (unpaired) electrons. The summed E-state index contributed by atoms with van der Waals surface area (Å²) in [6.45, 7) is 15.1. The van der Waals surface area contributed by atoms with Crippen molar-refractivity contribution in [1.82, 2.24) is 10.2 Å². The normalized spacial score (nSPS) is 29.6. The highest BCUT2D eigenvalue weighted by atomic mass is 15.2. The SMILES string of the molecule is C=CCN1CC(C)(C)CNCC1C. The third-order valence-corrected chi connectivity index (χ3v) is 2.66. The average Bonchev–Trinajstić information content (AvgIpc) is 2.12. The molecule has 0 aromatic heterocycles. The van der Waals surface area contributed by atoms with Crippen molar-refractivity contribution < 1.29 is 0 Å². The quantitative estimate of drug-likeness (QED) is 0.651. The Balaban J connectivity index is 2.61. The molecule has 0 spiro atoms. The van der Waals surface area contributed by atoms with Crippen molar-refractivity contribution >= 4 is 0 Å². The van der Waals surface area contributed by atoms with E-state index in [0.717, 1.165) is 26.2 Å². The summed E-state index contributed by atoms with van der Waals surface area (Å²) >= 11 is 0. The molecule has 1 fully saturated rings. The fourth-order valence-corrected chi connectivity index (χ4v) is 1.92. The predicted molar refractivity (Wildman–Crippen MR) is 57.9 cm³/mol. The molecule has 0 aliphatic carbocycles. The van der Waals surface area contributed by atoms with Gasteiger partial charge in [0, 0.05) is 32.2 Å². The largest absolute Gasteiger partial charge is 0.315 e. The lowest BCUT2D eigenvalue weighted by Crippen LogP contribution is -2.39. The molecule has 1 aliphatic heterocycles. The molecule has 1 atom stereocenters. The van der Waals surface area contributed by atoms with Crippen LogP contribution < -0.4 is 5.32 Å². The van der Waals surface area contributed by atoms with E-state index in [-0.39, 0.29) is 0 Å². The zero-order valence-corrected chi connectivity index (χ0v) is 9.14. The van der Waals surface area contributed by atoms with Gasteiger partial charge in [-0.05, 0) is 12.3 Å². The first-order valence-electron chi connectivity index (χ1n) is 5.11. The molecule has 1 aliphatic rings. The summed E-state index contributed by atoms with van der Waals surface area (Å²) in [6, 6.07) is 0.625. The molecule has 1 unspecified atom stereocenters. The number of rotatable bonds is 2. The van der Waals surface area contributed by atoms with E-state index in [1.54, 1.807) is 0 Å². The zero-order valence-electron chi connectivity index (χ0n) is 9.14. The minimum atomic E-state index is 0.383. The summed E-state index contributed by atoms with van der Waals surface area (Å²) < 4.78 is 0. The van der Waals surface area contributed by atoms with Crippen LogP contribution in [0.4, 0.5) is 0 Å². The Morgan fingerprint density at radius 1 is 1.62 bits per heavy atom. The number of nitrogens with zero attached hydrogens (tertiary/aromatic N) is 1. The molecular formula is C11H22N2. The first-order valence-corrected chi connectivity index (χ1v) is 5.11. The molecule has 2 nitrogen and oxygen atoms in total. The van der Waals surface area contributed by atoms with Crippen molar-refractivity contribution in [3.63, 3.8) is 0 Å². The lowest BCUT2D eigenvalue weighted by molar-refractivity contribution is 0.183. The summed E-state index contributed by atoms with van der Waals surface area (Å²) in [5.41, 5.74) is 0.383. The Kier molecular flexibility index (Phi) is 3.51. The second-order valence-electron chi connectivity index (χ2n) is 4.86. The van der Waals surface area contributed by atoms with Crippen LogP contribution >= 0.6 is 0 Å². The van der Waals surface area contributed by atoms with Crippen LogP contribution in [0.3, 0.4) is 0 Å². The van der Waals surface area contributed by atoms with E-state index in [1.807, 2.05) is 6.08 Å². The van der Waals surface area contributed by atoms with Gasteiger partial charge in [-0.15, -0.1) is 6.58 Å². The van der Waals surface area contributed by atoms with E-state index in [0.29, 0.717) is 11.5 Å². The smallest absolute Gasteiger partial charge is 0.0195 e. The molecule has 2 heteroatoms. The monoisotopic (exact) mass is 182 g/mol. The Morgan fingerprint density at radius 3 is 2.92 bits per heavy atom. The van der Waals surface area contributed by atoms with Crippen LogP contribution in [-0.4, -0.2) is 37.1 Å². The van der Waals surface area contributed by atoms with Gasteiger partial charge < -0.3 is 5.32 Å². The van der Waals surface area contributed by atoms with Crippen LogP contribution in [0.1, 0.15) is 20.8 Å². The fourth-order valence-electron chi connectivity index (χ4n) is 1.92. The Hall–Kier alpha value is -0.340. The van der Waals surface area contributed by atoms with Crippen molar-refractivity contribution in [3.05, 3.63) is 12.7 Å². The first-order chi connectivity index (χ1) is 6.05. The van der Waals surface area contributed by atoms with Crippen LogP contribution in [0, 0.1) is 5.41 Å². The highest BCUT2D eigenvalue weighted by Crippen LogP contribution is 2.19. The molecule has 76 valence electrons. The minimum Gasteiger partial charge on any atom is -0.315 e. The lowest BCUT2D eigenvalue weighted by atomic mass is 9.93. The van der Waals surface area contributed by atoms with Gasteiger partial charge >= 0.3 is 0 Å². The minimum absolute atomic E-state index is 0.383. The Morgan fingerprint density at radius 2 is 2.31 bits per heavy atom. The first kappa shape index (κ1) is 10.7. The maximum absolute atomic E-state index is 3.81. The fraction of sp³-hybridized carbons (Fsp3) is 0.818. The molecule has 1 heterocycles. The second-order valence-corrected chi connectivity index (χ2v) is 4.86. The van der Waals surface area contributed by atoms with E-state index in [9.17, 15) is 0 Å². The van der Waals surface area contributed by atoms with Crippen LogP contribution in [-0.2, 0) is 0 Å². The molecule has 1 N–H and O–H groups in total. The van der Waals surface area contributed by atoms with Gasteiger partial charge in [-0.3, -0.25) is 4.90 Å². The van der Waals surface area contributed by atoms with Gasteiger partial charge in [0.15, 0.2) is 0 Å². The average molecular weight is 182 g/mol. The lowest BCUT2D eigenvalue weighted by Gasteiger charge is -2.31. The van der Waals surface area contributed by atoms with Gasteiger partial charge in [0.25, 0.3) is 0 Å². The standard InChI is InChI=1S/C11H22N2/c1-5-6-13-9-11(3,4)8-12-7-10(13)2/h5,10,12H,1,6-9H2,2-4H3. The topological polar surface area (TPSA) is 15.3 Å². The van der Waals surface area contributed by atoms with Crippen molar-refractivity contribution in [3.8, 4) is 0 Å². The van der Waals surface area contributed by atoms with Gasteiger partial charge in [-0.2, -0.15) is 0 Å². The number of hydrogen-bond acceptors (Lipinski definition) is 2. The van der Waals surface area contributed by atoms with Crippen LogP contribution in [0.25, 0.3) is 0 Å². The molecule has 1 saturated heterocycles. The molecule has 0 amide bonds. The van der Waals surface area contributed by atoms with Crippen LogP contribution in [0.2, 0.25) is 0 Å². The van der Waals surface area contributed by atoms with Crippen molar-refractivity contribution in [2.45, 2.75) is 26.8 Å². The van der Waals surface area contributed by atoms with Gasteiger partial charge in [0.1, 0.15) is 0 Å². The molecule has 1 rings (SSSR count). The van der Waals surface area contributed by atoms with E-state index >= 15 is 0 Å². The maximum Gasteiger partial charge on any atom is 0.0195 e. The van der Waals surface area contributed by atoms with Crippen LogP contribution in [0.15, 0.2) is 12.7 Å². The second kappa shape index (κ2) is 4.25. The summed E-state index contributed by atoms with van der Waals surface area (Å²) in [7, 11) is 0. The summed E-state index contributed by atoms with van der Waals surface area (Å²) in [5.74, 6) is 0. The van der Waals surface area contributed by atoms with E-state index in [1.165, 1.54) is 0 Å². The molecule has 13 heavy (non-hydrogen) atoms. The number of hydrogen-bond donors (Lipinski definition) is 1. The zero-order chi connectivity index (χ0) is 9.90. The van der Waals surface area contributed by atoms with E-state index in [2.05, 4.69) is 37.6 Å². The van der Waals surface area contributed by atoms with Crippen molar-refractivity contribution in [2.75, 3.05) is 26.2 Å². The molecule has 0 aromatic rings. The van der Waals surface area contributed by atoms with Crippen molar-refractivity contribution in [2.24, 2.45) is 5.41 Å². The molecule has 0 saturated carbocycles. The maximum atomic E-state index is 3.81. The molecule has 0 bridgehead atoms. The van der Waals surface area contributed by atoms with E-state index in [4.69, 9.17) is 0 Å². The highest BCUT2D eigenvalue weighted by molar-refractivity contribution is 4.87.